The van der Waals surface area contributed by atoms with Crippen LogP contribution in [0.25, 0.3) is 0 Å². The zero-order valence-corrected chi connectivity index (χ0v) is 7.71. The third-order valence-electron chi connectivity index (χ3n) is 1.78. The highest BCUT2D eigenvalue weighted by Gasteiger charge is 2.09. The Morgan fingerprint density at radius 1 is 1.54 bits per heavy atom. The maximum absolute atomic E-state index is 10.3. The van der Waals surface area contributed by atoms with Gasteiger partial charge in [0.15, 0.2) is 5.84 Å². The van der Waals surface area contributed by atoms with Crippen LogP contribution in [0.2, 0.25) is 0 Å². The first-order valence-electron chi connectivity index (χ1n) is 4.49. The molecule has 4 heteroatoms. The second-order valence-corrected chi connectivity index (χ2v) is 2.84. The molecule has 0 saturated heterocycles. The van der Waals surface area contributed by atoms with Crippen LogP contribution < -0.4 is 5.32 Å². The first kappa shape index (κ1) is 9.68. The molecule has 0 unspecified atom stereocenters. The van der Waals surface area contributed by atoms with Crippen LogP contribution in [-0.2, 0) is 4.79 Å². The van der Waals surface area contributed by atoms with Gasteiger partial charge in [0.1, 0.15) is 11.5 Å². The number of carbonyl (C=O) groups excluding carboxylic acids is 1. The number of nitrogens with zero attached hydrogens (tertiary/aromatic N) is 2. The smallest absolute Gasteiger partial charge is 0.168 e. The summed E-state index contributed by atoms with van der Waals surface area (Å²) in [5.41, 5.74) is 0.413. The van der Waals surface area contributed by atoms with Crippen molar-refractivity contribution < 1.29 is 4.79 Å². The summed E-state index contributed by atoms with van der Waals surface area (Å²) < 4.78 is 0. The average Bonchev–Trinajstić information content (AvgIpc) is 2.60. The predicted molar refractivity (Wildman–Crippen MR) is 52.7 cm³/mol. The summed E-state index contributed by atoms with van der Waals surface area (Å²) in [7, 11) is 0. The van der Waals surface area contributed by atoms with Crippen LogP contribution in [0.3, 0.4) is 0 Å². The van der Waals surface area contributed by atoms with Crippen LogP contribution in [0.15, 0.2) is 15.8 Å². The number of unbranched alkanes of at least 4 members (excludes halogenated alkanes) is 2. The molecule has 4 nitrogen and oxygen atoms in total. The molecule has 0 aromatic heterocycles. The molecule has 0 saturated carbocycles. The lowest BCUT2D eigenvalue weighted by atomic mass is 10.2. The Kier molecular flexibility index (Phi) is 3.93. The predicted octanol–water partition coefficient (Wildman–Crippen LogP) is 0.922. The van der Waals surface area contributed by atoms with Gasteiger partial charge in [-0.1, -0.05) is 19.8 Å². The van der Waals surface area contributed by atoms with Crippen LogP contribution in [0, 0.1) is 0 Å². The molecular formula is C9H13N3O. The molecule has 1 heterocycles. The molecule has 0 amide bonds. The zero-order chi connectivity index (χ0) is 9.52. The third kappa shape index (κ3) is 2.84. The quantitative estimate of drug-likeness (QED) is 0.515. The average molecular weight is 179 g/mol. The second-order valence-electron chi connectivity index (χ2n) is 2.84. The van der Waals surface area contributed by atoms with Crippen molar-refractivity contribution >= 4 is 18.0 Å². The molecule has 1 aliphatic heterocycles. The first-order valence-corrected chi connectivity index (χ1v) is 4.49. The van der Waals surface area contributed by atoms with E-state index in [9.17, 15) is 4.79 Å². The van der Waals surface area contributed by atoms with Crippen LogP contribution in [-0.4, -0.2) is 24.5 Å². The zero-order valence-electron chi connectivity index (χ0n) is 7.71. The van der Waals surface area contributed by atoms with Gasteiger partial charge in [0, 0.05) is 6.54 Å². The van der Waals surface area contributed by atoms with E-state index in [-0.39, 0.29) is 0 Å². The van der Waals surface area contributed by atoms with Gasteiger partial charge in [-0.2, -0.15) is 5.10 Å². The molecule has 1 N–H and O–H groups in total. The lowest BCUT2D eigenvalue weighted by molar-refractivity contribution is 0.568. The molecule has 0 aromatic rings. The molecule has 0 aliphatic carbocycles. The highest BCUT2D eigenvalue weighted by atomic mass is 16.1. The van der Waals surface area contributed by atoms with E-state index in [1.807, 2.05) is 0 Å². The van der Waals surface area contributed by atoms with Crippen molar-refractivity contribution in [2.45, 2.75) is 26.2 Å². The van der Waals surface area contributed by atoms with Gasteiger partial charge in [0.05, 0.1) is 6.21 Å². The van der Waals surface area contributed by atoms with Crippen molar-refractivity contribution in [3.05, 3.63) is 5.57 Å². The molecular weight excluding hydrogens is 166 g/mol. The summed E-state index contributed by atoms with van der Waals surface area (Å²) in [5.74, 6) is 2.33. The number of nitrogens with one attached hydrogen (secondary N) is 1. The Morgan fingerprint density at radius 2 is 2.38 bits per heavy atom. The summed E-state index contributed by atoms with van der Waals surface area (Å²) in [6.07, 6.45) is 4.86. The summed E-state index contributed by atoms with van der Waals surface area (Å²) in [6.45, 7) is 2.98. The lowest BCUT2D eigenvalue weighted by Gasteiger charge is -2.02. The number of hydrogen-bond donors (Lipinski definition) is 1. The van der Waals surface area contributed by atoms with Crippen molar-refractivity contribution in [3.63, 3.8) is 0 Å². The maximum atomic E-state index is 10.3. The van der Waals surface area contributed by atoms with Gasteiger partial charge in [0.2, 0.25) is 0 Å². The largest absolute Gasteiger partial charge is 0.367 e. The molecule has 70 valence electrons. The summed E-state index contributed by atoms with van der Waals surface area (Å²) in [5, 5.41) is 10.4. The van der Waals surface area contributed by atoms with Crippen molar-refractivity contribution in [1.82, 2.24) is 5.32 Å². The van der Waals surface area contributed by atoms with Gasteiger partial charge in [0.25, 0.3) is 0 Å². The van der Waals surface area contributed by atoms with Crippen molar-refractivity contribution in [1.29, 1.82) is 0 Å². The van der Waals surface area contributed by atoms with E-state index < -0.39 is 0 Å². The fourth-order valence-corrected chi connectivity index (χ4v) is 1.05. The Morgan fingerprint density at radius 3 is 3.08 bits per heavy atom. The Hall–Kier alpha value is -1.41. The van der Waals surface area contributed by atoms with Crippen molar-refractivity contribution in [2.75, 3.05) is 6.54 Å². The van der Waals surface area contributed by atoms with Gasteiger partial charge < -0.3 is 5.32 Å². The van der Waals surface area contributed by atoms with Crippen LogP contribution >= 0.6 is 0 Å². The Balaban J connectivity index is 2.27. The van der Waals surface area contributed by atoms with Gasteiger partial charge in [-0.25, -0.2) is 4.79 Å². The number of hydrogen-bond acceptors (Lipinski definition) is 4. The van der Waals surface area contributed by atoms with E-state index in [2.05, 4.69) is 22.4 Å². The maximum Gasteiger partial charge on any atom is 0.168 e. The highest BCUT2D eigenvalue weighted by Crippen LogP contribution is 1.98. The van der Waals surface area contributed by atoms with E-state index in [1.165, 1.54) is 19.1 Å². The monoisotopic (exact) mass is 179 g/mol. The summed E-state index contributed by atoms with van der Waals surface area (Å²) in [4.78, 5) is 10.3. The standard InChI is InChI=1S/C9H13N3O/c1-2-3-4-5-10-9-8(7-13)6-11-12-9/h6H,2-5H2,1H3,(H,10,12). The van der Waals surface area contributed by atoms with Gasteiger partial charge >= 0.3 is 0 Å². The highest BCUT2D eigenvalue weighted by molar-refractivity contribution is 6.22. The molecule has 13 heavy (non-hydrogen) atoms. The van der Waals surface area contributed by atoms with Gasteiger partial charge in [-0.3, -0.25) is 0 Å². The van der Waals surface area contributed by atoms with E-state index >= 15 is 0 Å². The molecule has 1 rings (SSSR count). The molecule has 0 bridgehead atoms. The molecule has 0 atom stereocenters. The van der Waals surface area contributed by atoms with E-state index in [1.54, 1.807) is 5.94 Å². The second kappa shape index (κ2) is 5.27. The molecule has 0 spiro atoms. The minimum absolute atomic E-state index is 0.413. The molecule has 0 aromatic carbocycles. The van der Waals surface area contributed by atoms with Crippen LogP contribution in [0.4, 0.5) is 0 Å². The summed E-state index contributed by atoms with van der Waals surface area (Å²) in [6, 6.07) is 0. The molecule has 0 radical (unpaired) electrons. The number of amidine groups is 1. The Labute approximate surface area is 77.4 Å². The van der Waals surface area contributed by atoms with E-state index in [0.717, 1.165) is 13.0 Å². The van der Waals surface area contributed by atoms with Crippen molar-refractivity contribution in [3.8, 4) is 0 Å². The van der Waals surface area contributed by atoms with E-state index in [4.69, 9.17) is 0 Å². The number of rotatable bonds is 4. The van der Waals surface area contributed by atoms with E-state index in [0.29, 0.717) is 11.4 Å². The fraction of sp³-hybridized carbons (Fsp3) is 0.556. The fourth-order valence-electron chi connectivity index (χ4n) is 1.05. The summed E-state index contributed by atoms with van der Waals surface area (Å²) >= 11 is 0. The van der Waals surface area contributed by atoms with Crippen molar-refractivity contribution in [2.24, 2.45) is 10.2 Å². The normalized spacial score (nSPS) is 14.2. The molecule has 1 aliphatic rings. The SMILES string of the molecule is CCCCCNC1=NN=CC1=C=O. The van der Waals surface area contributed by atoms with Crippen LogP contribution in [0.1, 0.15) is 26.2 Å². The van der Waals surface area contributed by atoms with Gasteiger partial charge in [-0.15, -0.1) is 5.10 Å². The molecule has 0 fully saturated rings. The minimum atomic E-state index is 0.413. The third-order valence-corrected chi connectivity index (χ3v) is 1.78. The van der Waals surface area contributed by atoms with Gasteiger partial charge in [-0.05, 0) is 6.42 Å². The topological polar surface area (TPSA) is 53.8 Å². The lowest BCUT2D eigenvalue weighted by Crippen LogP contribution is -2.25. The van der Waals surface area contributed by atoms with Crippen LogP contribution in [0.5, 0.6) is 0 Å². The Bertz CT molecular complexity index is 275. The minimum Gasteiger partial charge on any atom is -0.367 e. The first-order chi connectivity index (χ1) is 6.38.